The summed E-state index contributed by atoms with van der Waals surface area (Å²) in [6.45, 7) is 6.19. The Morgan fingerprint density at radius 3 is 2.59 bits per heavy atom. The van der Waals surface area contributed by atoms with Gasteiger partial charge in [-0.1, -0.05) is 19.8 Å². The summed E-state index contributed by atoms with van der Waals surface area (Å²) in [6, 6.07) is 0.213. The van der Waals surface area contributed by atoms with Gasteiger partial charge < -0.3 is 0 Å². The summed E-state index contributed by atoms with van der Waals surface area (Å²) >= 11 is 3.45. The Balaban J connectivity index is 2.39. The monoisotopic (exact) mass is 298 g/mol. The maximum atomic E-state index is 12.7. The van der Waals surface area contributed by atoms with E-state index in [2.05, 4.69) is 28.0 Å². The molecule has 1 aromatic heterocycles. The van der Waals surface area contributed by atoms with Gasteiger partial charge in [-0.15, -0.1) is 0 Å². The van der Waals surface area contributed by atoms with E-state index in [1.165, 1.54) is 0 Å². The van der Waals surface area contributed by atoms with Crippen LogP contribution < -0.4 is 0 Å². The Hall–Kier alpha value is -0.640. The maximum absolute atomic E-state index is 12.7. The molecular formula is C13H19BrN2O. The molecule has 2 rings (SSSR count). The topological polar surface area (TPSA) is 34.9 Å². The zero-order chi connectivity index (χ0) is 12.6. The van der Waals surface area contributed by atoms with Crippen LogP contribution in [0.4, 0.5) is 0 Å². The predicted molar refractivity (Wildman–Crippen MR) is 71.2 cm³/mol. The van der Waals surface area contributed by atoms with Crippen LogP contribution in [-0.2, 0) is 0 Å². The molecule has 1 aliphatic rings. The second-order valence-electron chi connectivity index (χ2n) is 5.48. The first-order valence-corrected chi connectivity index (χ1v) is 7.03. The van der Waals surface area contributed by atoms with Crippen LogP contribution >= 0.6 is 15.9 Å². The molecule has 17 heavy (non-hydrogen) atoms. The number of rotatable bonds is 3. The maximum Gasteiger partial charge on any atom is 0.187 e. The number of ketones is 1. The number of halogens is 1. The Morgan fingerprint density at radius 1 is 1.47 bits per heavy atom. The quantitative estimate of drug-likeness (QED) is 0.791. The van der Waals surface area contributed by atoms with Crippen LogP contribution in [0.5, 0.6) is 0 Å². The van der Waals surface area contributed by atoms with E-state index >= 15 is 0 Å². The van der Waals surface area contributed by atoms with Crippen LogP contribution in [0, 0.1) is 5.41 Å². The lowest BCUT2D eigenvalue weighted by Crippen LogP contribution is -2.27. The third-order valence-electron chi connectivity index (χ3n) is 3.71. The number of Topliss-reactive ketones (excluding diaryl/α,β-unsaturated/α-hetero) is 1. The SMILES string of the molecule is CC(C)n1ncc(Br)c1C(=O)C1(C)CCCC1. The highest BCUT2D eigenvalue weighted by atomic mass is 79.9. The van der Waals surface area contributed by atoms with Crippen molar-refractivity contribution in [3.05, 3.63) is 16.4 Å². The number of hydrogen-bond acceptors (Lipinski definition) is 2. The normalized spacial score (nSPS) is 18.9. The molecule has 0 amide bonds. The van der Waals surface area contributed by atoms with Gasteiger partial charge in [-0.05, 0) is 42.6 Å². The van der Waals surface area contributed by atoms with Crippen molar-refractivity contribution in [3.8, 4) is 0 Å². The number of aromatic nitrogens is 2. The first-order chi connectivity index (χ1) is 7.96. The zero-order valence-electron chi connectivity index (χ0n) is 10.7. The van der Waals surface area contributed by atoms with Gasteiger partial charge in [0, 0.05) is 11.5 Å². The average molecular weight is 299 g/mol. The van der Waals surface area contributed by atoms with E-state index < -0.39 is 0 Å². The Kier molecular flexibility index (Phi) is 3.43. The molecule has 0 unspecified atom stereocenters. The molecule has 1 saturated carbocycles. The van der Waals surface area contributed by atoms with Crippen LogP contribution in [0.1, 0.15) is 63.0 Å². The number of nitrogens with zero attached hydrogens (tertiary/aromatic N) is 2. The Labute approximate surface area is 111 Å². The summed E-state index contributed by atoms with van der Waals surface area (Å²) < 4.78 is 2.65. The summed E-state index contributed by atoms with van der Waals surface area (Å²) in [6.07, 6.45) is 6.06. The summed E-state index contributed by atoms with van der Waals surface area (Å²) in [5.74, 6) is 0.244. The fourth-order valence-electron chi connectivity index (χ4n) is 2.61. The first kappa shape index (κ1) is 12.8. The van der Waals surface area contributed by atoms with Gasteiger partial charge in [0.2, 0.25) is 0 Å². The van der Waals surface area contributed by atoms with Crippen LogP contribution in [-0.4, -0.2) is 15.6 Å². The van der Waals surface area contributed by atoms with Crippen molar-refractivity contribution in [2.45, 2.75) is 52.5 Å². The predicted octanol–water partition coefficient (Wildman–Crippen LogP) is 3.99. The minimum Gasteiger partial charge on any atom is -0.292 e. The molecule has 1 aliphatic carbocycles. The first-order valence-electron chi connectivity index (χ1n) is 6.23. The molecule has 0 N–H and O–H groups in total. The fourth-order valence-corrected chi connectivity index (χ4v) is 3.07. The summed E-state index contributed by atoms with van der Waals surface area (Å²) in [5, 5.41) is 4.29. The molecule has 0 bridgehead atoms. The van der Waals surface area contributed by atoms with E-state index in [0.717, 1.165) is 35.8 Å². The second-order valence-corrected chi connectivity index (χ2v) is 6.33. The smallest absolute Gasteiger partial charge is 0.187 e. The molecule has 0 aliphatic heterocycles. The summed E-state index contributed by atoms with van der Waals surface area (Å²) in [7, 11) is 0. The van der Waals surface area contributed by atoms with Gasteiger partial charge in [-0.3, -0.25) is 9.48 Å². The molecule has 1 fully saturated rings. The third kappa shape index (κ3) is 2.19. The molecule has 4 heteroatoms. The lowest BCUT2D eigenvalue weighted by molar-refractivity contribution is 0.0808. The van der Waals surface area contributed by atoms with Crippen molar-refractivity contribution in [2.75, 3.05) is 0 Å². The number of carbonyl (C=O) groups excluding carboxylic acids is 1. The fraction of sp³-hybridized carbons (Fsp3) is 0.692. The average Bonchev–Trinajstić information content (AvgIpc) is 2.85. The van der Waals surface area contributed by atoms with Crippen LogP contribution in [0.15, 0.2) is 10.7 Å². The van der Waals surface area contributed by atoms with Gasteiger partial charge >= 0.3 is 0 Å². The van der Waals surface area contributed by atoms with Crippen molar-refractivity contribution < 1.29 is 4.79 Å². The van der Waals surface area contributed by atoms with Crippen molar-refractivity contribution in [1.29, 1.82) is 0 Å². The standard InChI is InChI=1S/C13H19BrN2O/c1-9(2)16-11(10(14)8-15-16)12(17)13(3)6-4-5-7-13/h8-9H,4-7H2,1-3H3. The van der Waals surface area contributed by atoms with Gasteiger partial charge in [-0.2, -0.15) is 5.10 Å². The summed E-state index contributed by atoms with van der Waals surface area (Å²) in [5.41, 5.74) is 0.555. The molecule has 0 saturated heterocycles. The highest BCUT2D eigenvalue weighted by molar-refractivity contribution is 9.10. The van der Waals surface area contributed by atoms with Crippen LogP contribution in [0.3, 0.4) is 0 Å². The van der Waals surface area contributed by atoms with Crippen molar-refractivity contribution in [3.63, 3.8) is 0 Å². The number of carbonyl (C=O) groups is 1. The largest absolute Gasteiger partial charge is 0.292 e. The van der Waals surface area contributed by atoms with E-state index in [9.17, 15) is 4.79 Å². The molecule has 0 radical (unpaired) electrons. The molecule has 0 aromatic carbocycles. The zero-order valence-corrected chi connectivity index (χ0v) is 12.2. The molecule has 3 nitrogen and oxygen atoms in total. The lowest BCUT2D eigenvalue weighted by Gasteiger charge is -2.23. The van der Waals surface area contributed by atoms with Crippen molar-refractivity contribution in [2.24, 2.45) is 5.41 Å². The van der Waals surface area contributed by atoms with Crippen molar-refractivity contribution >= 4 is 21.7 Å². The summed E-state index contributed by atoms with van der Waals surface area (Å²) in [4.78, 5) is 12.7. The second kappa shape index (κ2) is 4.56. The van der Waals surface area contributed by atoms with Gasteiger partial charge in [0.1, 0.15) is 5.69 Å². The molecule has 0 spiro atoms. The van der Waals surface area contributed by atoms with Gasteiger partial charge in [0.05, 0.1) is 10.7 Å². The Morgan fingerprint density at radius 2 is 2.06 bits per heavy atom. The number of hydrogen-bond donors (Lipinski definition) is 0. The van der Waals surface area contributed by atoms with E-state index in [4.69, 9.17) is 0 Å². The van der Waals surface area contributed by atoms with Gasteiger partial charge in [0.25, 0.3) is 0 Å². The minimum atomic E-state index is -0.185. The van der Waals surface area contributed by atoms with E-state index in [-0.39, 0.29) is 17.2 Å². The van der Waals surface area contributed by atoms with Crippen LogP contribution in [0.25, 0.3) is 0 Å². The molecule has 1 aromatic rings. The minimum absolute atomic E-state index is 0.185. The third-order valence-corrected chi connectivity index (χ3v) is 4.29. The van der Waals surface area contributed by atoms with E-state index in [0.29, 0.717) is 0 Å². The molecule has 1 heterocycles. The lowest BCUT2D eigenvalue weighted by atomic mass is 9.82. The highest BCUT2D eigenvalue weighted by Gasteiger charge is 2.39. The molecule has 94 valence electrons. The Bertz CT molecular complexity index is 431. The van der Waals surface area contributed by atoms with Gasteiger partial charge in [-0.25, -0.2) is 0 Å². The highest BCUT2D eigenvalue weighted by Crippen LogP contribution is 2.41. The molecular weight excluding hydrogens is 280 g/mol. The van der Waals surface area contributed by atoms with Crippen molar-refractivity contribution in [1.82, 2.24) is 9.78 Å². The van der Waals surface area contributed by atoms with E-state index in [1.807, 2.05) is 18.5 Å². The van der Waals surface area contributed by atoms with E-state index in [1.54, 1.807) is 6.20 Å². The molecule has 0 atom stereocenters. The van der Waals surface area contributed by atoms with Crippen LogP contribution in [0.2, 0.25) is 0 Å². The van der Waals surface area contributed by atoms with Gasteiger partial charge in [0.15, 0.2) is 5.78 Å².